The summed E-state index contributed by atoms with van der Waals surface area (Å²) in [6.45, 7) is 3.04. The van der Waals surface area contributed by atoms with Crippen LogP contribution in [-0.2, 0) is 16.0 Å². The van der Waals surface area contributed by atoms with Crippen molar-refractivity contribution < 1.29 is 14.7 Å². The molecule has 0 spiro atoms. The highest BCUT2D eigenvalue weighted by Crippen LogP contribution is 2.10. The third-order valence-corrected chi connectivity index (χ3v) is 2.22. The fourth-order valence-electron chi connectivity index (χ4n) is 1.35. The van der Waals surface area contributed by atoms with E-state index in [1.54, 1.807) is 19.1 Å². The molecule has 4 nitrogen and oxygen atoms in total. The van der Waals surface area contributed by atoms with Crippen LogP contribution in [0.4, 0.5) is 0 Å². The lowest BCUT2D eigenvalue weighted by atomic mass is 10.0. The van der Waals surface area contributed by atoms with E-state index >= 15 is 0 Å². The van der Waals surface area contributed by atoms with E-state index in [1.807, 2.05) is 0 Å². The van der Waals surface area contributed by atoms with Crippen LogP contribution < -0.4 is 5.32 Å². The highest BCUT2D eigenvalue weighted by Gasteiger charge is 2.13. The average Bonchev–Trinajstić information content (AvgIpc) is 2.20. The summed E-state index contributed by atoms with van der Waals surface area (Å²) in [6.07, 6.45) is 0.252. The van der Waals surface area contributed by atoms with Crippen molar-refractivity contribution in [2.75, 3.05) is 0 Å². The van der Waals surface area contributed by atoms with Crippen LogP contribution in [0, 0.1) is 0 Å². The van der Waals surface area contributed by atoms with E-state index in [0.29, 0.717) is 0 Å². The van der Waals surface area contributed by atoms with Crippen LogP contribution in [0.15, 0.2) is 24.3 Å². The summed E-state index contributed by atoms with van der Waals surface area (Å²) < 4.78 is 0. The van der Waals surface area contributed by atoms with Crippen LogP contribution in [0.1, 0.15) is 19.4 Å². The molecule has 1 unspecified atom stereocenters. The minimum absolute atomic E-state index is 0.0547. The SMILES string of the molecule is CC(=O)NC(C)C(=O)Cc1ccc(O)cc1. The number of carbonyl (C=O) groups excluding carboxylic acids is 2. The number of ketones is 1. The molecule has 1 amide bonds. The van der Waals surface area contributed by atoms with Gasteiger partial charge in [-0.25, -0.2) is 0 Å². The Labute approximate surface area is 94.3 Å². The average molecular weight is 221 g/mol. The van der Waals surface area contributed by atoms with Crippen LogP contribution >= 0.6 is 0 Å². The zero-order chi connectivity index (χ0) is 12.1. The number of amides is 1. The molecule has 0 aliphatic carbocycles. The second-order valence-electron chi connectivity index (χ2n) is 3.73. The predicted molar refractivity (Wildman–Crippen MR) is 60.1 cm³/mol. The van der Waals surface area contributed by atoms with Crippen molar-refractivity contribution in [2.24, 2.45) is 0 Å². The molecule has 0 aliphatic heterocycles. The van der Waals surface area contributed by atoms with Gasteiger partial charge in [0.1, 0.15) is 5.75 Å². The van der Waals surface area contributed by atoms with Gasteiger partial charge in [0.25, 0.3) is 0 Å². The van der Waals surface area contributed by atoms with Crippen molar-refractivity contribution in [1.82, 2.24) is 5.32 Å². The molecule has 86 valence electrons. The van der Waals surface area contributed by atoms with Crippen LogP contribution in [-0.4, -0.2) is 22.8 Å². The lowest BCUT2D eigenvalue weighted by Gasteiger charge is -2.11. The highest BCUT2D eigenvalue weighted by atomic mass is 16.3. The van der Waals surface area contributed by atoms with Gasteiger partial charge in [-0.15, -0.1) is 0 Å². The summed E-state index contributed by atoms with van der Waals surface area (Å²) in [7, 11) is 0. The molecule has 4 heteroatoms. The molecule has 1 aromatic rings. The number of benzene rings is 1. The van der Waals surface area contributed by atoms with E-state index in [0.717, 1.165) is 5.56 Å². The molecule has 0 bridgehead atoms. The van der Waals surface area contributed by atoms with Gasteiger partial charge in [-0.1, -0.05) is 12.1 Å². The van der Waals surface area contributed by atoms with Crippen molar-refractivity contribution in [1.29, 1.82) is 0 Å². The largest absolute Gasteiger partial charge is 0.508 e. The zero-order valence-electron chi connectivity index (χ0n) is 9.36. The van der Waals surface area contributed by atoms with E-state index in [4.69, 9.17) is 5.11 Å². The minimum Gasteiger partial charge on any atom is -0.508 e. The van der Waals surface area contributed by atoms with E-state index < -0.39 is 6.04 Å². The number of phenolic OH excluding ortho intramolecular Hbond substituents is 1. The number of carbonyl (C=O) groups is 2. The smallest absolute Gasteiger partial charge is 0.217 e. The van der Waals surface area contributed by atoms with Gasteiger partial charge in [0.05, 0.1) is 6.04 Å². The van der Waals surface area contributed by atoms with Crippen molar-refractivity contribution in [3.63, 3.8) is 0 Å². The first-order valence-electron chi connectivity index (χ1n) is 5.07. The first-order valence-corrected chi connectivity index (χ1v) is 5.07. The third-order valence-electron chi connectivity index (χ3n) is 2.22. The molecule has 1 atom stereocenters. The molecule has 16 heavy (non-hydrogen) atoms. The molecule has 0 radical (unpaired) electrons. The second-order valence-corrected chi connectivity index (χ2v) is 3.73. The van der Waals surface area contributed by atoms with Crippen molar-refractivity contribution >= 4 is 11.7 Å². The first-order chi connectivity index (χ1) is 7.49. The summed E-state index contributed by atoms with van der Waals surface area (Å²) in [5, 5.41) is 11.6. The Kier molecular flexibility index (Phi) is 4.05. The zero-order valence-corrected chi connectivity index (χ0v) is 9.36. The van der Waals surface area contributed by atoms with Gasteiger partial charge in [-0.3, -0.25) is 9.59 Å². The Morgan fingerprint density at radius 1 is 1.31 bits per heavy atom. The van der Waals surface area contributed by atoms with Crippen molar-refractivity contribution in [3.8, 4) is 5.75 Å². The van der Waals surface area contributed by atoms with Gasteiger partial charge in [-0.05, 0) is 24.6 Å². The highest BCUT2D eigenvalue weighted by molar-refractivity contribution is 5.89. The third kappa shape index (κ3) is 3.73. The van der Waals surface area contributed by atoms with E-state index in [2.05, 4.69) is 5.32 Å². The monoisotopic (exact) mass is 221 g/mol. The molecule has 2 N–H and O–H groups in total. The maximum absolute atomic E-state index is 11.7. The van der Waals surface area contributed by atoms with Crippen LogP contribution in [0.2, 0.25) is 0 Å². The molecule has 0 saturated carbocycles. The van der Waals surface area contributed by atoms with Gasteiger partial charge >= 0.3 is 0 Å². The van der Waals surface area contributed by atoms with E-state index in [9.17, 15) is 9.59 Å². The summed E-state index contributed by atoms with van der Waals surface area (Å²) >= 11 is 0. The number of aromatic hydroxyl groups is 1. The predicted octanol–water partition coefficient (Wildman–Crippen LogP) is 1.03. The molecule has 0 heterocycles. The van der Waals surface area contributed by atoms with Crippen LogP contribution in [0.3, 0.4) is 0 Å². The number of nitrogens with one attached hydrogen (secondary N) is 1. The summed E-state index contributed by atoms with van der Waals surface area (Å²) in [5.74, 6) is -0.0986. The Morgan fingerprint density at radius 3 is 2.38 bits per heavy atom. The van der Waals surface area contributed by atoms with E-state index in [-0.39, 0.29) is 23.9 Å². The summed E-state index contributed by atoms with van der Waals surface area (Å²) in [4.78, 5) is 22.4. The molecule has 0 saturated heterocycles. The van der Waals surface area contributed by atoms with Crippen LogP contribution in [0.5, 0.6) is 5.75 Å². The maximum Gasteiger partial charge on any atom is 0.217 e. The fourth-order valence-corrected chi connectivity index (χ4v) is 1.35. The van der Waals surface area contributed by atoms with Gasteiger partial charge in [0.15, 0.2) is 5.78 Å². The molecule has 1 aromatic carbocycles. The number of hydrogen-bond acceptors (Lipinski definition) is 3. The van der Waals surface area contributed by atoms with Crippen molar-refractivity contribution in [2.45, 2.75) is 26.3 Å². The summed E-state index contributed by atoms with van der Waals surface area (Å²) in [5.41, 5.74) is 0.819. The Morgan fingerprint density at radius 2 is 1.88 bits per heavy atom. The van der Waals surface area contributed by atoms with Crippen LogP contribution in [0.25, 0.3) is 0 Å². The molecule has 0 fully saturated rings. The number of hydrogen-bond donors (Lipinski definition) is 2. The standard InChI is InChI=1S/C12H15NO3/c1-8(13-9(2)14)12(16)7-10-3-5-11(15)6-4-10/h3-6,8,15H,7H2,1-2H3,(H,13,14). The summed E-state index contributed by atoms with van der Waals surface area (Å²) in [6, 6.07) is 5.96. The van der Waals surface area contributed by atoms with Gasteiger partial charge in [0, 0.05) is 13.3 Å². The fraction of sp³-hybridized carbons (Fsp3) is 0.333. The molecule has 0 aliphatic rings. The number of rotatable bonds is 4. The van der Waals surface area contributed by atoms with Crippen molar-refractivity contribution in [3.05, 3.63) is 29.8 Å². The Balaban J connectivity index is 2.57. The van der Waals surface area contributed by atoms with Gasteiger partial charge in [0.2, 0.25) is 5.91 Å². The topological polar surface area (TPSA) is 66.4 Å². The molecular weight excluding hydrogens is 206 g/mol. The van der Waals surface area contributed by atoms with E-state index in [1.165, 1.54) is 19.1 Å². The lowest BCUT2D eigenvalue weighted by molar-refractivity contribution is -0.126. The molecular formula is C12H15NO3. The maximum atomic E-state index is 11.7. The quantitative estimate of drug-likeness (QED) is 0.798. The Bertz CT molecular complexity index is 384. The normalized spacial score (nSPS) is 11.9. The Hall–Kier alpha value is -1.84. The number of Topliss-reactive ketones (excluding diaryl/α,β-unsaturated/α-hetero) is 1. The molecule has 1 rings (SSSR count). The van der Waals surface area contributed by atoms with Gasteiger partial charge < -0.3 is 10.4 Å². The second kappa shape index (κ2) is 5.30. The van der Waals surface area contributed by atoms with Gasteiger partial charge in [-0.2, -0.15) is 0 Å². The lowest BCUT2D eigenvalue weighted by Crippen LogP contribution is -2.37. The first kappa shape index (κ1) is 12.2. The minimum atomic E-state index is -0.480. The number of phenols is 1. The molecule has 0 aromatic heterocycles.